The first-order chi connectivity index (χ1) is 22.9. The Morgan fingerprint density at radius 3 is 1.14 bits per heavy atom. The van der Waals surface area contributed by atoms with E-state index < -0.39 is 70.4 Å². The fourth-order valence-corrected chi connectivity index (χ4v) is 5.09. The highest BCUT2D eigenvalue weighted by molar-refractivity contribution is 6.18. The highest BCUT2D eigenvalue weighted by Crippen LogP contribution is 2.32. The number of fused-ring (bicyclic) bond motifs is 1. The van der Waals surface area contributed by atoms with E-state index in [0.29, 0.717) is 17.5 Å². The summed E-state index contributed by atoms with van der Waals surface area (Å²) in [5, 5.41) is 72.6. The third kappa shape index (κ3) is 7.66. The molecule has 0 aliphatic carbocycles. The number of rotatable bonds is 11. The molecule has 4 rings (SSSR count). The zero-order valence-corrected chi connectivity index (χ0v) is 24.9. The molecule has 0 unspecified atom stereocenters. The summed E-state index contributed by atoms with van der Waals surface area (Å²) in [6.07, 6.45) is 0.455. The number of benzene rings is 4. The van der Waals surface area contributed by atoms with Crippen molar-refractivity contribution in [1.29, 1.82) is 0 Å². The SMILES string of the molecule is CCC(c1ccc(C(=O)O)c(C(=O)O)c1)c1ccc(C(=O)O)c(C(=O)O)c1.O=C(O)c1cc(C(=O)O)c2c(C(=O)O)ccc(C(=O)O)c2c1. The molecular weight excluding hydrogens is 652 g/mol. The van der Waals surface area contributed by atoms with Crippen molar-refractivity contribution in [2.24, 2.45) is 0 Å². The van der Waals surface area contributed by atoms with Gasteiger partial charge in [-0.3, -0.25) is 0 Å². The van der Waals surface area contributed by atoms with E-state index in [0.717, 1.165) is 24.3 Å². The highest BCUT2D eigenvalue weighted by Gasteiger charge is 2.24. The molecule has 0 bridgehead atoms. The summed E-state index contributed by atoms with van der Waals surface area (Å²) in [5.74, 6) is -11.9. The van der Waals surface area contributed by atoms with Crippen LogP contribution in [0.2, 0.25) is 0 Å². The maximum atomic E-state index is 11.4. The molecule has 0 saturated carbocycles. The molecule has 252 valence electrons. The van der Waals surface area contributed by atoms with E-state index in [9.17, 15) is 53.7 Å². The lowest BCUT2D eigenvalue weighted by Gasteiger charge is -2.18. The van der Waals surface area contributed by atoms with Gasteiger partial charge in [0, 0.05) is 11.3 Å². The van der Waals surface area contributed by atoms with Crippen molar-refractivity contribution in [2.45, 2.75) is 19.3 Å². The smallest absolute Gasteiger partial charge is 0.336 e. The first kappa shape index (κ1) is 36.4. The van der Waals surface area contributed by atoms with Gasteiger partial charge in [-0.25, -0.2) is 38.4 Å². The van der Waals surface area contributed by atoms with E-state index in [1.807, 2.05) is 0 Å². The summed E-state index contributed by atoms with van der Waals surface area (Å²) in [7, 11) is 0. The van der Waals surface area contributed by atoms with E-state index >= 15 is 0 Å². The molecule has 0 atom stereocenters. The number of hydrogen-bond donors (Lipinski definition) is 8. The molecule has 0 aliphatic heterocycles. The maximum absolute atomic E-state index is 11.4. The molecule has 4 aromatic rings. The second-order valence-electron chi connectivity index (χ2n) is 10.1. The number of carbonyl (C=O) groups is 8. The van der Waals surface area contributed by atoms with Gasteiger partial charge in [0.25, 0.3) is 0 Å². The predicted octanol–water partition coefficient (Wildman–Crippen LogP) is 4.65. The van der Waals surface area contributed by atoms with Gasteiger partial charge >= 0.3 is 47.8 Å². The van der Waals surface area contributed by atoms with Crippen LogP contribution in [0, 0.1) is 0 Å². The fraction of sp³-hybridized carbons (Fsp3) is 0.0909. The normalized spacial score (nSPS) is 10.5. The van der Waals surface area contributed by atoms with Crippen LogP contribution in [-0.4, -0.2) is 88.6 Å². The third-order valence-corrected chi connectivity index (χ3v) is 7.27. The van der Waals surface area contributed by atoms with Crippen LogP contribution in [0.5, 0.6) is 0 Å². The number of carboxylic acid groups (broad SMARTS) is 8. The standard InChI is InChI=1S/C19H16O8.C14H8O8/c1-2-11(9-3-5-12(16(20)21)14(7-9)18(24)25)10-4-6-13(17(22)23)15(8-10)19(26)27;15-11(16)5-3-8-6(12(17)18)1-2-7(13(19)20)10(8)9(4-5)14(21)22/h3-8,11H,2H2,1H3,(H,20,21)(H,22,23)(H,24,25)(H,26,27);1-4H,(H,15,16)(H,17,18)(H,19,20)(H,21,22). The largest absolute Gasteiger partial charge is 0.478 e. The van der Waals surface area contributed by atoms with Crippen molar-refractivity contribution in [2.75, 3.05) is 0 Å². The topological polar surface area (TPSA) is 298 Å². The average molecular weight is 677 g/mol. The molecule has 8 N–H and O–H groups in total. The van der Waals surface area contributed by atoms with Crippen LogP contribution in [0.3, 0.4) is 0 Å². The zero-order valence-electron chi connectivity index (χ0n) is 24.9. The molecule has 0 aliphatic rings. The van der Waals surface area contributed by atoms with E-state index in [4.69, 9.17) is 25.5 Å². The fourth-order valence-electron chi connectivity index (χ4n) is 5.09. The minimum absolute atomic E-state index is 0.260. The Bertz CT molecular complexity index is 2020. The van der Waals surface area contributed by atoms with Crippen LogP contribution in [0.15, 0.2) is 60.7 Å². The Balaban J connectivity index is 0.000000271. The van der Waals surface area contributed by atoms with Gasteiger partial charge in [0.1, 0.15) is 0 Å². The number of hydrogen-bond acceptors (Lipinski definition) is 8. The van der Waals surface area contributed by atoms with Crippen molar-refractivity contribution in [3.63, 3.8) is 0 Å². The molecule has 0 fully saturated rings. The molecule has 0 heterocycles. The van der Waals surface area contributed by atoms with Crippen molar-refractivity contribution < 1.29 is 79.2 Å². The highest BCUT2D eigenvalue weighted by atomic mass is 16.4. The van der Waals surface area contributed by atoms with Gasteiger partial charge in [-0.2, -0.15) is 0 Å². The molecule has 49 heavy (non-hydrogen) atoms. The molecule has 0 radical (unpaired) electrons. The zero-order chi connectivity index (χ0) is 36.9. The summed E-state index contributed by atoms with van der Waals surface area (Å²) in [4.78, 5) is 90.0. The maximum Gasteiger partial charge on any atom is 0.336 e. The van der Waals surface area contributed by atoms with E-state index in [2.05, 4.69) is 0 Å². The van der Waals surface area contributed by atoms with Crippen molar-refractivity contribution in [3.05, 3.63) is 116 Å². The Morgan fingerprint density at radius 1 is 0.429 bits per heavy atom. The second-order valence-corrected chi connectivity index (χ2v) is 10.1. The summed E-state index contributed by atoms with van der Waals surface area (Å²) in [6, 6.07) is 11.5. The van der Waals surface area contributed by atoms with E-state index in [1.54, 1.807) is 6.92 Å². The first-order valence-electron chi connectivity index (χ1n) is 13.7. The van der Waals surface area contributed by atoms with Gasteiger partial charge in [-0.1, -0.05) is 19.1 Å². The Labute approximate surface area is 273 Å². The van der Waals surface area contributed by atoms with Gasteiger partial charge in [0.05, 0.1) is 44.5 Å². The van der Waals surface area contributed by atoms with Gasteiger partial charge in [0.15, 0.2) is 0 Å². The van der Waals surface area contributed by atoms with Gasteiger partial charge in [-0.15, -0.1) is 0 Å². The lowest BCUT2D eigenvalue weighted by Crippen LogP contribution is -2.12. The summed E-state index contributed by atoms with van der Waals surface area (Å²) in [5.41, 5.74) is -2.33. The number of aromatic carboxylic acids is 8. The second kappa shape index (κ2) is 14.5. The Hall–Kier alpha value is -7.10. The lowest BCUT2D eigenvalue weighted by atomic mass is 9.86. The molecule has 4 aromatic carbocycles. The first-order valence-corrected chi connectivity index (χ1v) is 13.7. The van der Waals surface area contributed by atoms with Crippen LogP contribution < -0.4 is 0 Å². The van der Waals surface area contributed by atoms with Crippen molar-refractivity contribution >= 4 is 58.5 Å². The summed E-state index contributed by atoms with van der Waals surface area (Å²) >= 11 is 0. The monoisotopic (exact) mass is 676 g/mol. The molecule has 0 saturated heterocycles. The Morgan fingerprint density at radius 2 is 0.796 bits per heavy atom. The number of carboxylic acids is 8. The van der Waals surface area contributed by atoms with Crippen LogP contribution in [0.1, 0.15) is 113 Å². The molecule has 0 spiro atoms. The molecule has 0 amide bonds. The summed E-state index contributed by atoms with van der Waals surface area (Å²) < 4.78 is 0. The van der Waals surface area contributed by atoms with Crippen LogP contribution in [0.25, 0.3) is 10.8 Å². The van der Waals surface area contributed by atoms with Gasteiger partial charge in [-0.05, 0) is 71.5 Å². The minimum Gasteiger partial charge on any atom is -0.478 e. The summed E-state index contributed by atoms with van der Waals surface area (Å²) in [6.45, 7) is 1.79. The quantitative estimate of drug-likeness (QED) is 0.107. The minimum atomic E-state index is -1.56. The molecule has 0 aromatic heterocycles. The van der Waals surface area contributed by atoms with E-state index in [1.165, 1.54) is 36.4 Å². The molecule has 16 nitrogen and oxygen atoms in total. The van der Waals surface area contributed by atoms with Gasteiger partial charge in [0.2, 0.25) is 0 Å². The predicted molar refractivity (Wildman–Crippen MR) is 165 cm³/mol. The Kier molecular flexibility index (Phi) is 10.8. The lowest BCUT2D eigenvalue weighted by molar-refractivity contribution is 0.0651. The van der Waals surface area contributed by atoms with Crippen molar-refractivity contribution in [3.8, 4) is 0 Å². The van der Waals surface area contributed by atoms with Crippen molar-refractivity contribution in [1.82, 2.24) is 0 Å². The van der Waals surface area contributed by atoms with Crippen LogP contribution in [0.4, 0.5) is 0 Å². The van der Waals surface area contributed by atoms with Gasteiger partial charge < -0.3 is 40.9 Å². The molecule has 16 heteroatoms. The van der Waals surface area contributed by atoms with Crippen LogP contribution >= 0.6 is 0 Å². The van der Waals surface area contributed by atoms with E-state index in [-0.39, 0.29) is 38.6 Å². The molecular formula is C33H24O16. The van der Waals surface area contributed by atoms with Crippen LogP contribution in [-0.2, 0) is 0 Å². The average Bonchev–Trinajstić information content (AvgIpc) is 3.03. The third-order valence-electron chi connectivity index (χ3n) is 7.27.